The summed E-state index contributed by atoms with van der Waals surface area (Å²) in [5.74, 6) is -0.999. The summed E-state index contributed by atoms with van der Waals surface area (Å²) in [5, 5.41) is 9.61. The SMILES string of the molecule is Cc1ccc(NSNc2ccc(Cl)cc2)cc1CC(N)C(=O)O. The molecule has 5 nitrogen and oxygen atoms in total. The zero-order valence-electron chi connectivity index (χ0n) is 12.5. The maximum absolute atomic E-state index is 10.9. The number of nitrogens with two attached hydrogens (primary N) is 1. The lowest BCUT2D eigenvalue weighted by molar-refractivity contribution is -0.138. The van der Waals surface area contributed by atoms with Crippen molar-refractivity contribution in [3.8, 4) is 0 Å². The number of hydrogen-bond acceptors (Lipinski definition) is 5. The molecular formula is C16H18ClN3O2S. The molecule has 0 saturated carbocycles. The molecule has 2 aromatic carbocycles. The summed E-state index contributed by atoms with van der Waals surface area (Å²) >= 11 is 7.15. The number of aryl methyl sites for hydroxylation is 1. The van der Waals surface area contributed by atoms with Crippen molar-refractivity contribution in [3.05, 3.63) is 58.6 Å². The Morgan fingerprint density at radius 3 is 2.48 bits per heavy atom. The second-order valence-electron chi connectivity index (χ2n) is 5.10. The van der Waals surface area contributed by atoms with Crippen LogP contribution in [0.2, 0.25) is 5.02 Å². The van der Waals surface area contributed by atoms with Gasteiger partial charge in [0, 0.05) is 16.4 Å². The van der Waals surface area contributed by atoms with Gasteiger partial charge in [0.1, 0.15) is 6.04 Å². The fraction of sp³-hybridized carbons (Fsp3) is 0.188. The van der Waals surface area contributed by atoms with Crippen LogP contribution in [0.25, 0.3) is 0 Å². The molecule has 1 atom stereocenters. The maximum Gasteiger partial charge on any atom is 0.320 e. The molecule has 0 aliphatic heterocycles. The van der Waals surface area contributed by atoms with Crippen LogP contribution in [0, 0.1) is 6.92 Å². The Morgan fingerprint density at radius 2 is 1.83 bits per heavy atom. The lowest BCUT2D eigenvalue weighted by Gasteiger charge is -2.13. The van der Waals surface area contributed by atoms with Crippen LogP contribution in [0.1, 0.15) is 11.1 Å². The van der Waals surface area contributed by atoms with Crippen LogP contribution in [0.4, 0.5) is 11.4 Å². The Bertz CT molecular complexity index is 680. The molecule has 0 amide bonds. The largest absolute Gasteiger partial charge is 0.480 e. The van der Waals surface area contributed by atoms with E-state index in [1.807, 2.05) is 49.4 Å². The standard InChI is InChI=1S/C16H18ClN3O2S/c1-10-2-5-14(8-11(10)9-15(18)16(21)22)20-23-19-13-6-3-12(17)4-7-13/h2-8,15,19-20H,9,18H2,1H3,(H,21,22). The second kappa shape index (κ2) is 8.10. The van der Waals surface area contributed by atoms with E-state index in [2.05, 4.69) is 9.44 Å². The number of carboxylic acid groups (broad SMARTS) is 1. The van der Waals surface area contributed by atoms with Gasteiger partial charge >= 0.3 is 5.97 Å². The van der Waals surface area contributed by atoms with Gasteiger partial charge in [-0.2, -0.15) is 0 Å². The van der Waals surface area contributed by atoms with Crippen LogP contribution in [0.15, 0.2) is 42.5 Å². The van der Waals surface area contributed by atoms with Gasteiger partial charge in [-0.25, -0.2) is 0 Å². The summed E-state index contributed by atoms with van der Waals surface area (Å²) in [4.78, 5) is 10.9. The first kappa shape index (κ1) is 17.5. The molecule has 0 saturated heterocycles. The average Bonchev–Trinajstić information content (AvgIpc) is 2.52. The van der Waals surface area contributed by atoms with E-state index in [9.17, 15) is 4.79 Å². The third kappa shape index (κ3) is 5.35. The number of hydrogen-bond donors (Lipinski definition) is 4. The highest BCUT2D eigenvalue weighted by Crippen LogP contribution is 2.21. The van der Waals surface area contributed by atoms with Gasteiger partial charge in [-0.1, -0.05) is 17.7 Å². The number of rotatable bonds is 7. The van der Waals surface area contributed by atoms with E-state index in [-0.39, 0.29) is 0 Å². The molecule has 0 spiro atoms. The summed E-state index contributed by atoms with van der Waals surface area (Å²) in [6.07, 6.45) is 0.298. The van der Waals surface area contributed by atoms with E-state index in [1.165, 1.54) is 12.1 Å². The predicted octanol–water partition coefficient (Wildman–Crippen LogP) is 3.69. The normalized spacial score (nSPS) is 11.8. The van der Waals surface area contributed by atoms with Crippen molar-refractivity contribution in [2.75, 3.05) is 9.44 Å². The van der Waals surface area contributed by atoms with Crippen molar-refractivity contribution in [1.29, 1.82) is 0 Å². The summed E-state index contributed by atoms with van der Waals surface area (Å²) in [6, 6.07) is 12.3. The maximum atomic E-state index is 10.9. The van der Waals surface area contributed by atoms with Gasteiger partial charge in [0.2, 0.25) is 0 Å². The lowest BCUT2D eigenvalue weighted by Crippen LogP contribution is -2.32. The number of nitrogens with one attached hydrogen (secondary N) is 2. The number of carbonyl (C=O) groups is 1. The Labute approximate surface area is 144 Å². The zero-order chi connectivity index (χ0) is 16.8. The highest BCUT2D eigenvalue weighted by Gasteiger charge is 2.13. The van der Waals surface area contributed by atoms with Gasteiger partial charge in [-0.05, 0) is 60.9 Å². The highest BCUT2D eigenvalue weighted by atomic mass is 35.5. The van der Waals surface area contributed by atoms with Gasteiger partial charge in [-0.15, -0.1) is 0 Å². The molecule has 0 heterocycles. The molecule has 0 aliphatic rings. The van der Waals surface area contributed by atoms with Crippen LogP contribution in [0.5, 0.6) is 0 Å². The van der Waals surface area contributed by atoms with Crippen molar-refractivity contribution in [1.82, 2.24) is 0 Å². The van der Waals surface area contributed by atoms with Crippen LogP contribution in [0.3, 0.4) is 0 Å². The second-order valence-corrected chi connectivity index (χ2v) is 6.15. The minimum Gasteiger partial charge on any atom is -0.480 e. The Morgan fingerprint density at radius 1 is 1.22 bits per heavy atom. The van der Waals surface area contributed by atoms with Crippen molar-refractivity contribution in [2.24, 2.45) is 5.73 Å². The van der Waals surface area contributed by atoms with E-state index in [4.69, 9.17) is 22.4 Å². The topological polar surface area (TPSA) is 87.4 Å². The van der Waals surface area contributed by atoms with Crippen LogP contribution in [-0.4, -0.2) is 17.1 Å². The van der Waals surface area contributed by atoms with E-state index < -0.39 is 12.0 Å². The molecule has 1 unspecified atom stereocenters. The van der Waals surface area contributed by atoms with Crippen LogP contribution < -0.4 is 15.2 Å². The predicted molar refractivity (Wildman–Crippen MR) is 96.8 cm³/mol. The first-order chi connectivity index (χ1) is 11.0. The molecule has 23 heavy (non-hydrogen) atoms. The summed E-state index contributed by atoms with van der Waals surface area (Å²) < 4.78 is 6.30. The molecule has 7 heteroatoms. The lowest BCUT2D eigenvalue weighted by atomic mass is 10.0. The molecule has 2 aromatic rings. The minimum atomic E-state index is -0.999. The van der Waals surface area contributed by atoms with Gasteiger partial charge in [0.15, 0.2) is 0 Å². The van der Waals surface area contributed by atoms with Gasteiger partial charge in [-0.3, -0.25) is 4.79 Å². The van der Waals surface area contributed by atoms with Crippen molar-refractivity contribution < 1.29 is 9.90 Å². The minimum absolute atomic E-state index is 0.298. The fourth-order valence-corrected chi connectivity index (χ4v) is 2.62. The smallest absolute Gasteiger partial charge is 0.320 e. The highest BCUT2D eigenvalue weighted by molar-refractivity contribution is 8.01. The van der Waals surface area contributed by atoms with Gasteiger partial charge < -0.3 is 20.3 Å². The number of aliphatic carboxylic acids is 1. The molecule has 0 bridgehead atoms. The Kier molecular flexibility index (Phi) is 6.15. The van der Waals surface area contributed by atoms with Crippen LogP contribution in [-0.2, 0) is 11.2 Å². The summed E-state index contributed by atoms with van der Waals surface area (Å²) in [6.45, 7) is 1.94. The third-order valence-corrected chi connectivity index (χ3v) is 4.22. The monoisotopic (exact) mass is 351 g/mol. The molecule has 0 fully saturated rings. The molecular weight excluding hydrogens is 334 g/mol. The molecule has 0 radical (unpaired) electrons. The first-order valence-corrected chi connectivity index (χ1v) is 8.16. The Balaban J connectivity index is 1.95. The van der Waals surface area contributed by atoms with E-state index in [0.29, 0.717) is 11.4 Å². The van der Waals surface area contributed by atoms with Crippen molar-refractivity contribution in [2.45, 2.75) is 19.4 Å². The molecule has 0 aromatic heterocycles. The number of carboxylic acids is 1. The number of benzene rings is 2. The number of halogens is 1. The summed E-state index contributed by atoms with van der Waals surface area (Å²) in [7, 11) is 0. The summed E-state index contributed by atoms with van der Waals surface area (Å²) in [5.41, 5.74) is 9.33. The van der Waals surface area contributed by atoms with Crippen molar-refractivity contribution in [3.63, 3.8) is 0 Å². The average molecular weight is 352 g/mol. The molecule has 0 aliphatic carbocycles. The number of anilines is 2. The van der Waals surface area contributed by atoms with E-state index in [0.717, 1.165) is 22.5 Å². The van der Waals surface area contributed by atoms with Gasteiger partial charge in [0.25, 0.3) is 0 Å². The third-order valence-electron chi connectivity index (χ3n) is 3.29. The van der Waals surface area contributed by atoms with E-state index >= 15 is 0 Å². The molecule has 122 valence electrons. The fourth-order valence-electron chi connectivity index (χ4n) is 1.94. The van der Waals surface area contributed by atoms with E-state index in [1.54, 1.807) is 0 Å². The molecule has 2 rings (SSSR count). The molecule has 5 N–H and O–H groups in total. The Hall–Kier alpha value is -1.89. The first-order valence-electron chi connectivity index (χ1n) is 6.97. The van der Waals surface area contributed by atoms with Gasteiger partial charge in [0.05, 0.1) is 12.1 Å². The van der Waals surface area contributed by atoms with Crippen molar-refractivity contribution >= 4 is 41.1 Å². The van der Waals surface area contributed by atoms with Crippen LogP contribution >= 0.6 is 23.7 Å². The quantitative estimate of drug-likeness (QED) is 0.569. The zero-order valence-corrected chi connectivity index (χ0v) is 14.1.